The lowest BCUT2D eigenvalue weighted by Gasteiger charge is -2.04. The van der Waals surface area contributed by atoms with Crippen molar-refractivity contribution in [2.45, 2.75) is 0 Å². The summed E-state index contributed by atoms with van der Waals surface area (Å²) < 4.78 is 5.18. The van der Waals surface area contributed by atoms with Crippen LogP contribution in [0.5, 0.6) is 5.75 Å². The molecule has 0 heterocycles. The van der Waals surface area contributed by atoms with Crippen LogP contribution in [0.4, 0.5) is 5.69 Å². The van der Waals surface area contributed by atoms with E-state index in [2.05, 4.69) is 10.5 Å². The van der Waals surface area contributed by atoms with Crippen molar-refractivity contribution in [3.05, 3.63) is 76.4 Å². The number of carbonyl (C=O) groups excluding carboxylic acids is 1. The minimum absolute atomic E-state index is 0.100. The Morgan fingerprint density at radius 1 is 1.21 bits per heavy atom. The van der Waals surface area contributed by atoms with Gasteiger partial charge in [0.2, 0.25) is 0 Å². The molecule has 0 radical (unpaired) electrons. The van der Waals surface area contributed by atoms with Crippen molar-refractivity contribution < 1.29 is 14.5 Å². The average molecular weight is 325 g/mol. The summed E-state index contributed by atoms with van der Waals surface area (Å²) in [5, 5.41) is 14.4. The van der Waals surface area contributed by atoms with Gasteiger partial charge in [0.25, 0.3) is 11.6 Å². The highest BCUT2D eigenvalue weighted by Crippen LogP contribution is 2.18. The molecule has 2 rings (SSSR count). The number of benzene rings is 2. The minimum Gasteiger partial charge on any atom is -0.483 e. The lowest BCUT2D eigenvalue weighted by Crippen LogP contribution is -2.24. The molecule has 0 fully saturated rings. The second kappa shape index (κ2) is 8.84. The summed E-state index contributed by atoms with van der Waals surface area (Å²) >= 11 is 0. The van der Waals surface area contributed by atoms with E-state index in [-0.39, 0.29) is 18.0 Å². The van der Waals surface area contributed by atoms with Gasteiger partial charge in [-0.05, 0) is 17.7 Å². The molecule has 0 aliphatic carbocycles. The second-order valence-electron chi connectivity index (χ2n) is 4.63. The number of rotatable bonds is 7. The Hall–Kier alpha value is -3.48. The van der Waals surface area contributed by atoms with Gasteiger partial charge in [0.15, 0.2) is 6.61 Å². The number of nitrogens with zero attached hydrogens (tertiary/aromatic N) is 2. The normalized spacial score (nSPS) is 10.8. The van der Waals surface area contributed by atoms with Crippen LogP contribution in [0.2, 0.25) is 0 Å². The summed E-state index contributed by atoms with van der Waals surface area (Å²) in [5.74, 6) is -0.224. The van der Waals surface area contributed by atoms with Crippen molar-refractivity contribution in [3.8, 4) is 5.75 Å². The number of hydrazone groups is 1. The third kappa shape index (κ3) is 5.72. The van der Waals surface area contributed by atoms with Gasteiger partial charge in [0, 0.05) is 12.3 Å². The van der Waals surface area contributed by atoms with Crippen molar-refractivity contribution >= 4 is 23.9 Å². The highest BCUT2D eigenvalue weighted by atomic mass is 16.6. The molecule has 0 aromatic heterocycles. The summed E-state index contributed by atoms with van der Waals surface area (Å²) in [4.78, 5) is 21.7. The second-order valence-corrected chi connectivity index (χ2v) is 4.63. The quantitative estimate of drug-likeness (QED) is 0.481. The monoisotopic (exact) mass is 325 g/mol. The van der Waals surface area contributed by atoms with Gasteiger partial charge in [-0.3, -0.25) is 14.9 Å². The first-order chi connectivity index (χ1) is 11.6. The molecule has 0 spiro atoms. The van der Waals surface area contributed by atoms with Crippen molar-refractivity contribution in [2.75, 3.05) is 6.61 Å². The van der Waals surface area contributed by atoms with Gasteiger partial charge in [-0.25, -0.2) is 5.43 Å². The molecule has 0 aliphatic heterocycles. The van der Waals surface area contributed by atoms with E-state index in [1.165, 1.54) is 30.5 Å². The number of nitrogens with one attached hydrogen (secondary N) is 1. The Bertz CT molecular complexity index is 757. The van der Waals surface area contributed by atoms with Crippen LogP contribution in [0.1, 0.15) is 5.56 Å². The molecule has 0 aliphatic rings. The van der Waals surface area contributed by atoms with Crippen LogP contribution in [0.25, 0.3) is 6.08 Å². The van der Waals surface area contributed by atoms with Crippen LogP contribution >= 0.6 is 0 Å². The number of amides is 1. The summed E-state index contributed by atoms with van der Waals surface area (Å²) in [5.41, 5.74) is 3.21. The number of hydrogen-bond acceptors (Lipinski definition) is 5. The van der Waals surface area contributed by atoms with E-state index in [9.17, 15) is 14.9 Å². The Labute approximate surface area is 138 Å². The third-order valence-corrected chi connectivity index (χ3v) is 2.84. The maximum Gasteiger partial charge on any atom is 0.277 e. The van der Waals surface area contributed by atoms with E-state index in [1.807, 2.05) is 36.4 Å². The zero-order valence-electron chi connectivity index (χ0n) is 12.7. The first-order valence-corrected chi connectivity index (χ1v) is 7.06. The number of allylic oxidation sites excluding steroid dienone is 1. The molecule has 0 saturated carbocycles. The SMILES string of the molecule is O=C(COc1cccc([N+](=O)[O-])c1)NN=CC=Cc1ccccc1. The molecule has 0 atom stereocenters. The zero-order chi connectivity index (χ0) is 17.2. The number of carbonyl (C=O) groups is 1. The summed E-state index contributed by atoms with van der Waals surface area (Å²) in [6.07, 6.45) is 4.98. The fourth-order valence-electron chi connectivity index (χ4n) is 1.74. The van der Waals surface area contributed by atoms with Crippen LogP contribution in [-0.2, 0) is 4.79 Å². The van der Waals surface area contributed by atoms with Gasteiger partial charge < -0.3 is 4.74 Å². The van der Waals surface area contributed by atoms with E-state index in [0.717, 1.165) is 5.56 Å². The highest BCUT2D eigenvalue weighted by molar-refractivity contribution is 5.81. The van der Waals surface area contributed by atoms with E-state index < -0.39 is 10.8 Å². The van der Waals surface area contributed by atoms with Gasteiger partial charge in [0.1, 0.15) is 5.75 Å². The van der Waals surface area contributed by atoms with Crippen molar-refractivity contribution in [3.63, 3.8) is 0 Å². The Morgan fingerprint density at radius 2 is 2.00 bits per heavy atom. The third-order valence-electron chi connectivity index (χ3n) is 2.84. The lowest BCUT2D eigenvalue weighted by atomic mass is 10.2. The molecule has 0 unspecified atom stereocenters. The topological polar surface area (TPSA) is 93.8 Å². The van der Waals surface area contributed by atoms with Crippen molar-refractivity contribution in [2.24, 2.45) is 5.10 Å². The zero-order valence-corrected chi connectivity index (χ0v) is 12.7. The van der Waals surface area contributed by atoms with E-state index in [0.29, 0.717) is 0 Å². The smallest absolute Gasteiger partial charge is 0.277 e. The molecule has 24 heavy (non-hydrogen) atoms. The number of hydrogen-bond donors (Lipinski definition) is 1. The molecule has 2 aromatic carbocycles. The predicted octanol–water partition coefficient (Wildman–Crippen LogP) is 2.79. The molecule has 1 N–H and O–H groups in total. The Morgan fingerprint density at radius 3 is 2.75 bits per heavy atom. The molecule has 122 valence electrons. The first-order valence-electron chi connectivity index (χ1n) is 7.06. The Balaban J connectivity index is 1.75. The lowest BCUT2D eigenvalue weighted by molar-refractivity contribution is -0.384. The van der Waals surface area contributed by atoms with Crippen LogP contribution in [0, 0.1) is 10.1 Å². The maximum atomic E-state index is 11.6. The molecule has 0 saturated heterocycles. The Kier molecular flexibility index (Phi) is 6.22. The van der Waals surface area contributed by atoms with Crippen LogP contribution in [0.3, 0.4) is 0 Å². The maximum absolute atomic E-state index is 11.6. The molecule has 0 bridgehead atoms. The van der Waals surface area contributed by atoms with E-state index in [4.69, 9.17) is 4.74 Å². The number of nitro groups is 1. The van der Waals surface area contributed by atoms with Gasteiger partial charge in [-0.15, -0.1) is 0 Å². The van der Waals surface area contributed by atoms with Crippen LogP contribution in [-0.4, -0.2) is 23.7 Å². The largest absolute Gasteiger partial charge is 0.483 e. The van der Waals surface area contributed by atoms with Gasteiger partial charge in [0.05, 0.1) is 11.0 Å². The predicted molar refractivity (Wildman–Crippen MR) is 90.7 cm³/mol. The van der Waals surface area contributed by atoms with Crippen molar-refractivity contribution in [1.82, 2.24) is 5.43 Å². The van der Waals surface area contributed by atoms with E-state index in [1.54, 1.807) is 6.08 Å². The van der Waals surface area contributed by atoms with Crippen LogP contribution < -0.4 is 10.2 Å². The summed E-state index contributed by atoms with van der Waals surface area (Å²) in [7, 11) is 0. The molecular weight excluding hydrogens is 310 g/mol. The average Bonchev–Trinajstić information content (AvgIpc) is 2.61. The van der Waals surface area contributed by atoms with Gasteiger partial charge >= 0.3 is 0 Å². The van der Waals surface area contributed by atoms with Crippen molar-refractivity contribution in [1.29, 1.82) is 0 Å². The fourth-order valence-corrected chi connectivity index (χ4v) is 1.74. The number of nitro benzene ring substituents is 1. The fraction of sp³-hybridized carbons (Fsp3) is 0.0588. The van der Waals surface area contributed by atoms with E-state index >= 15 is 0 Å². The minimum atomic E-state index is -0.531. The molecule has 7 nitrogen and oxygen atoms in total. The first kappa shape index (κ1) is 16.9. The number of ether oxygens (including phenoxy) is 1. The number of non-ortho nitro benzene ring substituents is 1. The molecule has 1 amide bonds. The van der Waals surface area contributed by atoms with Gasteiger partial charge in [-0.2, -0.15) is 5.10 Å². The molecule has 2 aromatic rings. The highest BCUT2D eigenvalue weighted by Gasteiger charge is 2.07. The molecular formula is C17H15N3O4. The standard InChI is InChI=1S/C17H15N3O4/c21-17(13-24-16-10-4-9-15(12-16)20(22)23)19-18-11-5-8-14-6-2-1-3-7-14/h1-12H,13H2,(H,19,21). The summed E-state index contributed by atoms with van der Waals surface area (Å²) in [6.45, 7) is -0.291. The summed E-state index contributed by atoms with van der Waals surface area (Å²) in [6, 6.07) is 15.3. The van der Waals surface area contributed by atoms with Crippen LogP contribution in [0.15, 0.2) is 65.8 Å². The van der Waals surface area contributed by atoms with Gasteiger partial charge in [-0.1, -0.05) is 42.5 Å². The molecule has 7 heteroatoms.